The SMILES string of the molecule is CC(C)(NC(=O)Nc1ccc(Br)cc1)C(=O)NC(C(=O)O)C(C)(C)C. The molecule has 8 heteroatoms. The Bertz CT molecular complexity index is 651. The van der Waals surface area contributed by atoms with Crippen molar-refractivity contribution in [3.8, 4) is 0 Å². The number of halogens is 1. The van der Waals surface area contributed by atoms with Gasteiger partial charge >= 0.3 is 12.0 Å². The molecule has 3 amide bonds. The van der Waals surface area contributed by atoms with Gasteiger partial charge in [0.25, 0.3) is 0 Å². The van der Waals surface area contributed by atoms with E-state index < -0.39 is 34.9 Å². The summed E-state index contributed by atoms with van der Waals surface area (Å²) >= 11 is 3.30. The number of urea groups is 1. The zero-order valence-corrected chi connectivity index (χ0v) is 16.5. The molecule has 1 rings (SSSR count). The summed E-state index contributed by atoms with van der Waals surface area (Å²) in [6.45, 7) is 8.16. The highest BCUT2D eigenvalue weighted by Crippen LogP contribution is 2.20. The Morgan fingerprint density at radius 3 is 2.00 bits per heavy atom. The molecule has 0 aliphatic rings. The number of nitrogens with one attached hydrogen (secondary N) is 3. The van der Waals surface area contributed by atoms with Crippen LogP contribution in [0, 0.1) is 5.41 Å². The van der Waals surface area contributed by atoms with Gasteiger partial charge in [-0.15, -0.1) is 0 Å². The van der Waals surface area contributed by atoms with Crippen LogP contribution in [0.4, 0.5) is 10.5 Å². The third-order valence-corrected chi connectivity index (χ3v) is 4.01. The number of hydrogen-bond acceptors (Lipinski definition) is 3. The van der Waals surface area contributed by atoms with E-state index >= 15 is 0 Å². The molecule has 4 N–H and O–H groups in total. The van der Waals surface area contributed by atoms with Crippen LogP contribution in [0.15, 0.2) is 28.7 Å². The summed E-state index contributed by atoms with van der Waals surface area (Å²) < 4.78 is 0.875. The number of anilines is 1. The predicted molar refractivity (Wildman–Crippen MR) is 99.4 cm³/mol. The quantitative estimate of drug-likeness (QED) is 0.594. The van der Waals surface area contributed by atoms with Crippen LogP contribution >= 0.6 is 15.9 Å². The fourth-order valence-electron chi connectivity index (χ4n) is 2.00. The van der Waals surface area contributed by atoms with Crippen LogP contribution < -0.4 is 16.0 Å². The van der Waals surface area contributed by atoms with Crippen LogP contribution in [-0.4, -0.2) is 34.6 Å². The van der Waals surface area contributed by atoms with Gasteiger partial charge in [-0.05, 0) is 43.5 Å². The summed E-state index contributed by atoms with van der Waals surface area (Å²) in [6, 6.07) is 5.32. The average molecular weight is 414 g/mol. The van der Waals surface area contributed by atoms with Crippen molar-refractivity contribution in [3.63, 3.8) is 0 Å². The molecule has 25 heavy (non-hydrogen) atoms. The van der Waals surface area contributed by atoms with E-state index in [0.29, 0.717) is 5.69 Å². The maximum atomic E-state index is 12.4. The second-order valence-electron chi connectivity index (χ2n) is 7.32. The van der Waals surface area contributed by atoms with Gasteiger partial charge in [-0.1, -0.05) is 36.7 Å². The average Bonchev–Trinajstić information content (AvgIpc) is 2.44. The molecule has 7 nitrogen and oxygen atoms in total. The molecular weight excluding hydrogens is 390 g/mol. The highest BCUT2D eigenvalue weighted by atomic mass is 79.9. The first-order valence-electron chi connectivity index (χ1n) is 7.71. The molecule has 1 aromatic rings. The number of hydrogen-bond donors (Lipinski definition) is 4. The molecule has 138 valence electrons. The minimum absolute atomic E-state index is 0.565. The summed E-state index contributed by atoms with van der Waals surface area (Å²) in [7, 11) is 0. The molecular formula is C17H24BrN3O4. The van der Waals surface area contributed by atoms with E-state index in [2.05, 4.69) is 31.9 Å². The van der Waals surface area contributed by atoms with E-state index in [4.69, 9.17) is 0 Å². The Hall–Kier alpha value is -2.09. The first-order valence-corrected chi connectivity index (χ1v) is 8.51. The Morgan fingerprint density at radius 2 is 1.56 bits per heavy atom. The van der Waals surface area contributed by atoms with Gasteiger partial charge in [-0.2, -0.15) is 0 Å². The van der Waals surface area contributed by atoms with Crippen LogP contribution in [-0.2, 0) is 9.59 Å². The van der Waals surface area contributed by atoms with Gasteiger partial charge in [-0.3, -0.25) is 4.79 Å². The Kier molecular flexibility index (Phi) is 6.59. The van der Waals surface area contributed by atoms with Gasteiger partial charge in [-0.25, -0.2) is 9.59 Å². The lowest BCUT2D eigenvalue weighted by Gasteiger charge is -2.32. The highest BCUT2D eigenvalue weighted by Gasteiger charge is 2.37. The van der Waals surface area contributed by atoms with E-state index in [9.17, 15) is 19.5 Å². The van der Waals surface area contributed by atoms with Crippen molar-refractivity contribution in [3.05, 3.63) is 28.7 Å². The molecule has 0 spiro atoms. The zero-order valence-electron chi connectivity index (χ0n) is 14.9. The molecule has 0 aliphatic heterocycles. The van der Waals surface area contributed by atoms with Crippen LogP contribution in [0.3, 0.4) is 0 Å². The lowest BCUT2D eigenvalue weighted by Crippen LogP contribution is -2.60. The molecule has 0 saturated heterocycles. The molecule has 0 aliphatic carbocycles. The van der Waals surface area contributed by atoms with Crippen molar-refractivity contribution < 1.29 is 19.5 Å². The molecule has 0 fully saturated rings. The number of carboxylic acid groups (broad SMARTS) is 1. The molecule has 1 aromatic carbocycles. The molecule has 0 aromatic heterocycles. The van der Waals surface area contributed by atoms with Gasteiger partial charge in [0.15, 0.2) is 0 Å². The second kappa shape index (κ2) is 7.86. The number of carbonyl (C=O) groups is 3. The minimum Gasteiger partial charge on any atom is -0.480 e. The largest absolute Gasteiger partial charge is 0.480 e. The number of aliphatic carboxylic acids is 1. The lowest BCUT2D eigenvalue weighted by molar-refractivity contribution is -0.145. The fraction of sp³-hybridized carbons (Fsp3) is 0.471. The molecule has 0 saturated carbocycles. The van der Waals surface area contributed by atoms with E-state index in [1.807, 2.05) is 0 Å². The summed E-state index contributed by atoms with van der Waals surface area (Å²) in [6.07, 6.45) is 0. The minimum atomic E-state index is -1.29. The Labute approximate surface area is 155 Å². The van der Waals surface area contributed by atoms with Crippen molar-refractivity contribution in [1.29, 1.82) is 0 Å². The summed E-state index contributed by atoms with van der Waals surface area (Å²) in [4.78, 5) is 35.9. The number of carbonyl (C=O) groups excluding carboxylic acids is 2. The zero-order chi connectivity index (χ0) is 19.4. The summed E-state index contributed by atoms with van der Waals surface area (Å²) in [5.74, 6) is -1.71. The van der Waals surface area contributed by atoms with Crippen molar-refractivity contribution in [2.24, 2.45) is 5.41 Å². The molecule has 0 heterocycles. The number of carboxylic acids is 1. The Morgan fingerprint density at radius 1 is 1.04 bits per heavy atom. The first-order chi connectivity index (χ1) is 11.3. The van der Waals surface area contributed by atoms with Gasteiger partial charge in [0.2, 0.25) is 5.91 Å². The number of amides is 3. The number of benzene rings is 1. The van der Waals surface area contributed by atoms with Crippen LogP contribution in [0.5, 0.6) is 0 Å². The third kappa shape index (κ3) is 6.38. The maximum absolute atomic E-state index is 12.4. The lowest BCUT2D eigenvalue weighted by atomic mass is 9.86. The Balaban J connectivity index is 2.75. The predicted octanol–water partition coefficient (Wildman–Crippen LogP) is 2.96. The van der Waals surface area contributed by atoms with Crippen LogP contribution in [0.25, 0.3) is 0 Å². The number of rotatable bonds is 5. The fourth-order valence-corrected chi connectivity index (χ4v) is 2.26. The van der Waals surface area contributed by atoms with E-state index in [1.54, 1.807) is 45.0 Å². The summed E-state index contributed by atoms with van der Waals surface area (Å²) in [5, 5.41) is 17.0. The van der Waals surface area contributed by atoms with Crippen LogP contribution in [0.2, 0.25) is 0 Å². The second-order valence-corrected chi connectivity index (χ2v) is 8.24. The first kappa shape index (κ1) is 21.0. The van der Waals surface area contributed by atoms with Crippen LogP contribution in [0.1, 0.15) is 34.6 Å². The smallest absolute Gasteiger partial charge is 0.326 e. The topological polar surface area (TPSA) is 108 Å². The van der Waals surface area contributed by atoms with Gasteiger partial charge in [0.05, 0.1) is 0 Å². The van der Waals surface area contributed by atoms with Crippen molar-refractivity contribution in [2.75, 3.05) is 5.32 Å². The third-order valence-electron chi connectivity index (χ3n) is 3.48. The molecule has 0 radical (unpaired) electrons. The normalized spacial score (nSPS) is 12.9. The molecule has 1 atom stereocenters. The van der Waals surface area contributed by atoms with Gasteiger partial charge in [0, 0.05) is 10.2 Å². The van der Waals surface area contributed by atoms with Gasteiger partial charge in [0.1, 0.15) is 11.6 Å². The van der Waals surface area contributed by atoms with Crippen molar-refractivity contribution in [2.45, 2.75) is 46.2 Å². The monoisotopic (exact) mass is 413 g/mol. The standard InChI is InChI=1S/C17H24BrN3O4/c1-16(2,3)12(13(22)23)20-14(24)17(4,5)21-15(25)19-11-8-6-10(18)7-9-11/h6-9,12H,1-5H3,(H,20,24)(H,22,23)(H2,19,21,25). The van der Waals surface area contributed by atoms with E-state index in [0.717, 1.165) is 4.47 Å². The molecule has 0 bridgehead atoms. The highest BCUT2D eigenvalue weighted by molar-refractivity contribution is 9.10. The maximum Gasteiger partial charge on any atom is 0.326 e. The van der Waals surface area contributed by atoms with E-state index in [1.165, 1.54) is 13.8 Å². The van der Waals surface area contributed by atoms with Gasteiger partial charge < -0.3 is 21.1 Å². The summed E-state index contributed by atoms with van der Waals surface area (Å²) in [5.41, 5.74) is -1.40. The molecule has 1 unspecified atom stereocenters. The van der Waals surface area contributed by atoms with Crippen molar-refractivity contribution >= 4 is 39.5 Å². The van der Waals surface area contributed by atoms with E-state index in [-0.39, 0.29) is 0 Å². The van der Waals surface area contributed by atoms with Crippen molar-refractivity contribution in [1.82, 2.24) is 10.6 Å².